The van der Waals surface area contributed by atoms with Crippen LogP contribution in [0.4, 0.5) is 0 Å². The summed E-state index contributed by atoms with van der Waals surface area (Å²) in [6.07, 6.45) is 0.483. The molecule has 20 heavy (non-hydrogen) atoms. The van der Waals surface area contributed by atoms with Crippen LogP contribution in [0.2, 0.25) is 0 Å². The number of aliphatic carboxylic acids is 1. The number of hydrogen-bond acceptors (Lipinski definition) is 3. The molecule has 0 radical (unpaired) electrons. The maximum absolute atomic E-state index is 11.9. The Bertz CT molecular complexity index is 653. The van der Waals surface area contributed by atoms with Gasteiger partial charge in [0, 0.05) is 29.6 Å². The van der Waals surface area contributed by atoms with E-state index in [2.05, 4.69) is 10.3 Å². The number of nitrogens with one attached hydrogen (secondary N) is 1. The second-order valence-electron chi connectivity index (χ2n) is 4.61. The number of amides is 1. The van der Waals surface area contributed by atoms with Gasteiger partial charge in [-0.1, -0.05) is 6.07 Å². The first-order valence-corrected chi connectivity index (χ1v) is 6.43. The molecule has 1 heterocycles. The van der Waals surface area contributed by atoms with Crippen LogP contribution >= 0.6 is 0 Å². The second-order valence-corrected chi connectivity index (χ2v) is 4.61. The van der Waals surface area contributed by atoms with Crippen LogP contribution in [-0.4, -0.2) is 28.5 Å². The summed E-state index contributed by atoms with van der Waals surface area (Å²) in [7, 11) is 0. The lowest BCUT2D eigenvalue weighted by Gasteiger charge is -2.05. The molecule has 2 N–H and O–H groups in total. The topological polar surface area (TPSA) is 79.3 Å². The van der Waals surface area contributed by atoms with Gasteiger partial charge in [-0.05, 0) is 37.6 Å². The summed E-state index contributed by atoms with van der Waals surface area (Å²) in [6.45, 7) is 2.28. The van der Waals surface area contributed by atoms with Gasteiger partial charge in [-0.2, -0.15) is 0 Å². The Morgan fingerprint density at radius 2 is 2.05 bits per heavy atom. The first-order valence-electron chi connectivity index (χ1n) is 6.43. The monoisotopic (exact) mass is 272 g/mol. The number of fused-ring (bicyclic) bond motifs is 1. The zero-order chi connectivity index (χ0) is 14.5. The molecule has 104 valence electrons. The molecule has 0 aliphatic rings. The zero-order valence-electron chi connectivity index (χ0n) is 11.2. The zero-order valence-corrected chi connectivity index (χ0v) is 11.2. The molecule has 2 rings (SSSR count). The van der Waals surface area contributed by atoms with Crippen LogP contribution in [0.5, 0.6) is 0 Å². The number of pyridine rings is 1. The largest absolute Gasteiger partial charge is 0.481 e. The Kier molecular flexibility index (Phi) is 4.30. The quantitative estimate of drug-likeness (QED) is 0.817. The van der Waals surface area contributed by atoms with E-state index in [-0.39, 0.29) is 12.3 Å². The van der Waals surface area contributed by atoms with Crippen LogP contribution in [0.15, 0.2) is 30.3 Å². The number of hydrogen-bond donors (Lipinski definition) is 2. The molecule has 0 fully saturated rings. The lowest BCUT2D eigenvalue weighted by Crippen LogP contribution is -2.24. The SMILES string of the molecule is Cc1ccc2cc(C(=O)NCCCC(=O)O)ccc2n1. The molecule has 0 saturated carbocycles. The van der Waals surface area contributed by atoms with Crippen molar-refractivity contribution >= 4 is 22.8 Å². The molecule has 0 atom stereocenters. The Balaban J connectivity index is 2.03. The number of carboxylic acids is 1. The van der Waals surface area contributed by atoms with Gasteiger partial charge in [0.1, 0.15) is 0 Å². The minimum Gasteiger partial charge on any atom is -0.481 e. The van der Waals surface area contributed by atoms with Gasteiger partial charge in [0.2, 0.25) is 0 Å². The van der Waals surface area contributed by atoms with Crippen LogP contribution < -0.4 is 5.32 Å². The van der Waals surface area contributed by atoms with E-state index >= 15 is 0 Å². The molecule has 1 amide bonds. The predicted molar refractivity (Wildman–Crippen MR) is 75.7 cm³/mol. The third-order valence-corrected chi connectivity index (χ3v) is 2.94. The molecule has 2 aromatic rings. The minimum absolute atomic E-state index is 0.0567. The van der Waals surface area contributed by atoms with Crippen molar-refractivity contribution in [1.82, 2.24) is 10.3 Å². The maximum atomic E-state index is 11.9. The molecule has 5 nitrogen and oxygen atoms in total. The highest BCUT2D eigenvalue weighted by Gasteiger charge is 2.06. The lowest BCUT2D eigenvalue weighted by atomic mass is 10.1. The molecule has 0 aliphatic carbocycles. The highest BCUT2D eigenvalue weighted by molar-refractivity contribution is 5.97. The van der Waals surface area contributed by atoms with Gasteiger partial charge in [-0.25, -0.2) is 0 Å². The average molecular weight is 272 g/mol. The van der Waals surface area contributed by atoms with Crippen molar-refractivity contribution < 1.29 is 14.7 Å². The van der Waals surface area contributed by atoms with Crippen molar-refractivity contribution in [3.63, 3.8) is 0 Å². The van der Waals surface area contributed by atoms with Crippen molar-refractivity contribution in [2.75, 3.05) is 6.54 Å². The van der Waals surface area contributed by atoms with E-state index in [0.29, 0.717) is 18.5 Å². The Morgan fingerprint density at radius 3 is 2.80 bits per heavy atom. The van der Waals surface area contributed by atoms with Crippen molar-refractivity contribution in [2.45, 2.75) is 19.8 Å². The smallest absolute Gasteiger partial charge is 0.303 e. The van der Waals surface area contributed by atoms with Gasteiger partial charge in [0.05, 0.1) is 5.52 Å². The number of carbonyl (C=O) groups is 2. The van der Waals surface area contributed by atoms with E-state index in [4.69, 9.17) is 5.11 Å². The highest BCUT2D eigenvalue weighted by atomic mass is 16.4. The summed E-state index contributed by atoms with van der Waals surface area (Å²) in [5.74, 6) is -1.05. The summed E-state index contributed by atoms with van der Waals surface area (Å²) < 4.78 is 0. The van der Waals surface area contributed by atoms with Crippen LogP contribution in [-0.2, 0) is 4.79 Å². The van der Waals surface area contributed by atoms with Gasteiger partial charge in [-0.15, -0.1) is 0 Å². The number of carbonyl (C=O) groups excluding carboxylic acids is 1. The molecule has 0 aliphatic heterocycles. The van der Waals surface area contributed by atoms with Crippen molar-refractivity contribution in [3.05, 3.63) is 41.6 Å². The van der Waals surface area contributed by atoms with E-state index in [1.54, 1.807) is 12.1 Å². The van der Waals surface area contributed by atoms with E-state index in [1.165, 1.54) is 0 Å². The fourth-order valence-electron chi connectivity index (χ4n) is 1.91. The molecule has 0 bridgehead atoms. The number of benzene rings is 1. The van der Waals surface area contributed by atoms with Crippen LogP contribution in [0.25, 0.3) is 10.9 Å². The normalized spacial score (nSPS) is 10.4. The number of nitrogens with zero attached hydrogens (tertiary/aromatic N) is 1. The van der Waals surface area contributed by atoms with Crippen molar-refractivity contribution in [2.24, 2.45) is 0 Å². The van der Waals surface area contributed by atoms with E-state index in [1.807, 2.05) is 25.1 Å². The van der Waals surface area contributed by atoms with Gasteiger partial charge in [0.15, 0.2) is 0 Å². The predicted octanol–water partition coefficient (Wildman–Crippen LogP) is 2.14. The molecule has 1 aromatic carbocycles. The second kappa shape index (κ2) is 6.14. The maximum Gasteiger partial charge on any atom is 0.303 e. The van der Waals surface area contributed by atoms with E-state index < -0.39 is 5.97 Å². The summed E-state index contributed by atoms with van der Waals surface area (Å²) in [6, 6.07) is 9.15. The Morgan fingerprint density at radius 1 is 1.25 bits per heavy atom. The summed E-state index contributed by atoms with van der Waals surface area (Å²) in [5.41, 5.74) is 2.34. The third kappa shape index (κ3) is 3.54. The molecule has 5 heteroatoms. The summed E-state index contributed by atoms with van der Waals surface area (Å²) >= 11 is 0. The average Bonchev–Trinajstić information content (AvgIpc) is 2.42. The molecule has 0 saturated heterocycles. The van der Waals surface area contributed by atoms with Crippen LogP contribution in [0.3, 0.4) is 0 Å². The van der Waals surface area contributed by atoms with Crippen molar-refractivity contribution in [1.29, 1.82) is 0 Å². The number of carboxylic acid groups (broad SMARTS) is 1. The number of rotatable bonds is 5. The van der Waals surface area contributed by atoms with Gasteiger partial charge in [0.25, 0.3) is 5.91 Å². The van der Waals surface area contributed by atoms with Crippen molar-refractivity contribution in [3.8, 4) is 0 Å². The standard InChI is InChI=1S/C15H16N2O3/c1-10-4-5-11-9-12(6-7-13(11)17-10)15(20)16-8-2-3-14(18)19/h4-7,9H,2-3,8H2,1H3,(H,16,20)(H,18,19). The molecule has 0 unspecified atom stereocenters. The van der Waals surface area contributed by atoms with E-state index in [9.17, 15) is 9.59 Å². The first kappa shape index (κ1) is 14.0. The fraction of sp³-hybridized carbons (Fsp3) is 0.267. The van der Waals surface area contributed by atoms with Gasteiger partial charge >= 0.3 is 5.97 Å². The third-order valence-electron chi connectivity index (χ3n) is 2.94. The summed E-state index contributed by atoms with van der Waals surface area (Å²) in [5, 5.41) is 12.1. The molecule has 0 spiro atoms. The fourth-order valence-corrected chi connectivity index (χ4v) is 1.91. The lowest BCUT2D eigenvalue weighted by molar-refractivity contribution is -0.137. The Hall–Kier alpha value is -2.43. The number of aromatic nitrogens is 1. The minimum atomic E-state index is -0.855. The molecular weight excluding hydrogens is 256 g/mol. The highest BCUT2D eigenvalue weighted by Crippen LogP contribution is 2.14. The van der Waals surface area contributed by atoms with E-state index in [0.717, 1.165) is 16.6 Å². The molecular formula is C15H16N2O3. The van der Waals surface area contributed by atoms with Gasteiger partial charge in [-0.3, -0.25) is 14.6 Å². The van der Waals surface area contributed by atoms with Crippen LogP contribution in [0, 0.1) is 6.92 Å². The summed E-state index contributed by atoms with van der Waals surface area (Å²) in [4.78, 5) is 26.7. The molecule has 1 aromatic heterocycles. The first-order chi connectivity index (χ1) is 9.56. The van der Waals surface area contributed by atoms with Crippen LogP contribution in [0.1, 0.15) is 28.9 Å². The number of aryl methyl sites for hydroxylation is 1. The Labute approximate surface area is 116 Å². The van der Waals surface area contributed by atoms with Gasteiger partial charge < -0.3 is 10.4 Å².